The summed E-state index contributed by atoms with van der Waals surface area (Å²) in [5, 5.41) is 4.01. The number of benzene rings is 2. The number of para-hydroxylation sites is 1. The second-order valence-corrected chi connectivity index (χ2v) is 6.82. The number of ether oxygens (including phenoxy) is 2. The predicted octanol–water partition coefficient (Wildman–Crippen LogP) is 3.61. The number of nitrogens with one attached hydrogen (secondary N) is 1. The summed E-state index contributed by atoms with van der Waals surface area (Å²) in [5.74, 6) is 1.58. The molecule has 0 radical (unpaired) electrons. The van der Waals surface area contributed by atoms with E-state index in [-0.39, 0.29) is 6.03 Å². The van der Waals surface area contributed by atoms with Gasteiger partial charge in [0.05, 0.1) is 31.1 Å². The first-order valence-corrected chi connectivity index (χ1v) is 9.56. The third kappa shape index (κ3) is 3.89. The first kappa shape index (κ1) is 18.9. The van der Waals surface area contributed by atoms with Crippen LogP contribution in [0.25, 0.3) is 10.9 Å². The molecule has 0 spiro atoms. The summed E-state index contributed by atoms with van der Waals surface area (Å²) in [6.07, 6.45) is 1.73. The number of urea groups is 1. The molecule has 29 heavy (non-hydrogen) atoms. The van der Waals surface area contributed by atoms with Gasteiger partial charge in [0, 0.05) is 43.8 Å². The van der Waals surface area contributed by atoms with E-state index in [4.69, 9.17) is 9.47 Å². The van der Waals surface area contributed by atoms with E-state index in [1.165, 1.54) is 0 Å². The predicted molar refractivity (Wildman–Crippen MR) is 114 cm³/mol. The Bertz CT molecular complexity index is 1010. The number of carbonyl (C=O) groups excluding carboxylic acids is 1. The average Bonchev–Trinajstić information content (AvgIpc) is 2.79. The van der Waals surface area contributed by atoms with Crippen LogP contribution >= 0.6 is 0 Å². The Kier molecular flexibility index (Phi) is 5.37. The van der Waals surface area contributed by atoms with Gasteiger partial charge in [-0.3, -0.25) is 4.98 Å². The number of hydrogen-bond donors (Lipinski definition) is 1. The molecule has 7 heteroatoms. The van der Waals surface area contributed by atoms with E-state index >= 15 is 0 Å². The molecule has 2 heterocycles. The molecule has 1 aromatic heterocycles. The van der Waals surface area contributed by atoms with Crippen LogP contribution in [0.2, 0.25) is 0 Å². The first-order valence-electron chi connectivity index (χ1n) is 9.56. The summed E-state index contributed by atoms with van der Waals surface area (Å²) in [6, 6.07) is 15.3. The SMILES string of the molecule is COc1ccc(OC)c(N2CCN(C(=O)Nc3cccc4cccnc34)CC2)c1. The van der Waals surface area contributed by atoms with Crippen molar-refractivity contribution in [2.75, 3.05) is 50.6 Å². The van der Waals surface area contributed by atoms with Gasteiger partial charge in [-0.1, -0.05) is 18.2 Å². The summed E-state index contributed by atoms with van der Waals surface area (Å²) in [7, 11) is 3.31. The van der Waals surface area contributed by atoms with Crippen molar-refractivity contribution in [1.82, 2.24) is 9.88 Å². The van der Waals surface area contributed by atoms with Gasteiger partial charge in [0.2, 0.25) is 0 Å². The molecule has 4 rings (SSSR count). The molecule has 1 saturated heterocycles. The maximum atomic E-state index is 12.8. The molecule has 0 atom stereocenters. The van der Waals surface area contributed by atoms with Gasteiger partial charge in [0.15, 0.2) is 0 Å². The van der Waals surface area contributed by atoms with Crippen LogP contribution in [0.4, 0.5) is 16.2 Å². The number of amides is 2. The van der Waals surface area contributed by atoms with Crippen molar-refractivity contribution < 1.29 is 14.3 Å². The minimum atomic E-state index is -0.111. The van der Waals surface area contributed by atoms with Crippen molar-refractivity contribution in [3.63, 3.8) is 0 Å². The Morgan fingerprint density at radius 1 is 1.00 bits per heavy atom. The number of rotatable bonds is 4. The van der Waals surface area contributed by atoms with Crippen LogP contribution in [0.5, 0.6) is 11.5 Å². The lowest BCUT2D eigenvalue weighted by molar-refractivity contribution is 0.208. The van der Waals surface area contributed by atoms with Crippen LogP contribution in [0.15, 0.2) is 54.7 Å². The summed E-state index contributed by atoms with van der Waals surface area (Å²) in [4.78, 5) is 21.2. The number of anilines is 2. The average molecular weight is 392 g/mol. The summed E-state index contributed by atoms with van der Waals surface area (Å²) in [6.45, 7) is 2.66. The largest absolute Gasteiger partial charge is 0.497 e. The van der Waals surface area contributed by atoms with Gasteiger partial charge in [0.1, 0.15) is 11.5 Å². The zero-order valence-electron chi connectivity index (χ0n) is 16.6. The standard InChI is InChI=1S/C22H24N4O3/c1-28-17-8-9-20(29-2)19(15-17)25-11-13-26(14-12-25)22(27)24-18-7-3-5-16-6-4-10-23-21(16)18/h3-10,15H,11-14H2,1-2H3,(H,24,27). The topological polar surface area (TPSA) is 66.9 Å². The molecule has 0 unspecified atom stereocenters. The fourth-order valence-electron chi connectivity index (χ4n) is 3.59. The second kappa shape index (κ2) is 8.26. The van der Waals surface area contributed by atoms with Crippen LogP contribution in [-0.4, -0.2) is 56.3 Å². The number of piperazine rings is 1. The van der Waals surface area contributed by atoms with E-state index in [9.17, 15) is 4.79 Å². The maximum absolute atomic E-state index is 12.8. The molecule has 150 valence electrons. The van der Waals surface area contributed by atoms with Crippen LogP contribution in [0.3, 0.4) is 0 Å². The minimum Gasteiger partial charge on any atom is -0.497 e. The lowest BCUT2D eigenvalue weighted by Crippen LogP contribution is -2.50. The Morgan fingerprint density at radius 3 is 2.55 bits per heavy atom. The number of hydrogen-bond acceptors (Lipinski definition) is 5. The van der Waals surface area contributed by atoms with E-state index < -0.39 is 0 Å². The molecule has 7 nitrogen and oxygen atoms in total. The third-order valence-electron chi connectivity index (χ3n) is 5.17. The Labute approximate surface area is 169 Å². The molecule has 1 N–H and O–H groups in total. The van der Waals surface area contributed by atoms with Gasteiger partial charge in [-0.25, -0.2) is 4.79 Å². The number of aromatic nitrogens is 1. The lowest BCUT2D eigenvalue weighted by Gasteiger charge is -2.36. The van der Waals surface area contributed by atoms with Crippen molar-refractivity contribution in [3.05, 3.63) is 54.7 Å². The Morgan fingerprint density at radius 2 is 1.79 bits per heavy atom. The normalized spacial score (nSPS) is 14.0. The number of nitrogens with zero attached hydrogens (tertiary/aromatic N) is 3. The highest BCUT2D eigenvalue weighted by Gasteiger charge is 2.24. The van der Waals surface area contributed by atoms with Crippen LogP contribution in [0, 0.1) is 0 Å². The molecule has 0 saturated carbocycles. The molecule has 2 aromatic carbocycles. The number of pyridine rings is 1. The highest BCUT2D eigenvalue weighted by atomic mass is 16.5. The van der Waals surface area contributed by atoms with E-state index in [0.717, 1.165) is 33.8 Å². The van der Waals surface area contributed by atoms with Gasteiger partial charge >= 0.3 is 6.03 Å². The van der Waals surface area contributed by atoms with E-state index in [1.807, 2.05) is 53.4 Å². The maximum Gasteiger partial charge on any atom is 0.322 e. The molecule has 1 aliphatic rings. The number of methoxy groups -OCH3 is 2. The highest BCUT2D eigenvalue weighted by molar-refractivity contribution is 5.99. The van der Waals surface area contributed by atoms with E-state index in [2.05, 4.69) is 15.2 Å². The molecule has 3 aromatic rings. The van der Waals surface area contributed by atoms with Gasteiger partial charge in [-0.2, -0.15) is 0 Å². The second-order valence-electron chi connectivity index (χ2n) is 6.82. The van der Waals surface area contributed by atoms with Crippen molar-refractivity contribution in [2.24, 2.45) is 0 Å². The molecule has 1 fully saturated rings. The third-order valence-corrected chi connectivity index (χ3v) is 5.17. The molecule has 2 amide bonds. The first-order chi connectivity index (χ1) is 14.2. The van der Waals surface area contributed by atoms with E-state index in [0.29, 0.717) is 26.2 Å². The van der Waals surface area contributed by atoms with Crippen molar-refractivity contribution in [1.29, 1.82) is 0 Å². The van der Waals surface area contributed by atoms with Gasteiger partial charge in [0.25, 0.3) is 0 Å². The molecular weight excluding hydrogens is 368 g/mol. The number of fused-ring (bicyclic) bond motifs is 1. The molecule has 0 aliphatic carbocycles. The zero-order chi connectivity index (χ0) is 20.2. The zero-order valence-corrected chi connectivity index (χ0v) is 16.6. The molecule has 0 bridgehead atoms. The molecular formula is C22H24N4O3. The van der Waals surface area contributed by atoms with Gasteiger partial charge in [-0.15, -0.1) is 0 Å². The Balaban J connectivity index is 1.44. The lowest BCUT2D eigenvalue weighted by atomic mass is 10.2. The van der Waals surface area contributed by atoms with Crippen LogP contribution < -0.4 is 19.7 Å². The summed E-state index contributed by atoms with van der Waals surface area (Å²) in [5.41, 5.74) is 2.50. The quantitative estimate of drug-likeness (QED) is 0.735. The fraction of sp³-hybridized carbons (Fsp3) is 0.273. The van der Waals surface area contributed by atoms with Crippen molar-refractivity contribution in [2.45, 2.75) is 0 Å². The van der Waals surface area contributed by atoms with Crippen molar-refractivity contribution >= 4 is 28.3 Å². The van der Waals surface area contributed by atoms with Crippen LogP contribution in [-0.2, 0) is 0 Å². The van der Waals surface area contributed by atoms with Gasteiger partial charge < -0.3 is 24.6 Å². The minimum absolute atomic E-state index is 0.111. The number of carbonyl (C=O) groups is 1. The summed E-state index contributed by atoms with van der Waals surface area (Å²) >= 11 is 0. The van der Waals surface area contributed by atoms with Gasteiger partial charge in [-0.05, 0) is 24.3 Å². The highest BCUT2D eigenvalue weighted by Crippen LogP contribution is 2.33. The van der Waals surface area contributed by atoms with Crippen molar-refractivity contribution in [3.8, 4) is 11.5 Å². The smallest absolute Gasteiger partial charge is 0.322 e. The Hall–Kier alpha value is -3.48. The van der Waals surface area contributed by atoms with E-state index in [1.54, 1.807) is 20.4 Å². The fourth-order valence-corrected chi connectivity index (χ4v) is 3.59. The molecule has 1 aliphatic heterocycles. The van der Waals surface area contributed by atoms with Crippen LogP contribution in [0.1, 0.15) is 0 Å². The monoisotopic (exact) mass is 392 g/mol. The summed E-state index contributed by atoms with van der Waals surface area (Å²) < 4.78 is 10.8.